The molecular formula is C23H27F3N2O3S. The van der Waals surface area contributed by atoms with Gasteiger partial charge in [-0.25, -0.2) is 13.7 Å². The van der Waals surface area contributed by atoms with Gasteiger partial charge < -0.3 is 4.74 Å². The van der Waals surface area contributed by atoms with Gasteiger partial charge in [0, 0.05) is 11.1 Å². The van der Waals surface area contributed by atoms with Crippen molar-refractivity contribution >= 4 is 22.7 Å². The van der Waals surface area contributed by atoms with Crippen LogP contribution in [-0.4, -0.2) is 45.5 Å². The van der Waals surface area contributed by atoms with Crippen LogP contribution in [0.15, 0.2) is 65.7 Å². The fourth-order valence-electron chi connectivity index (χ4n) is 2.74. The van der Waals surface area contributed by atoms with Crippen LogP contribution in [0, 0.1) is 0 Å². The highest BCUT2D eigenvalue weighted by Gasteiger charge is 2.50. The summed E-state index contributed by atoms with van der Waals surface area (Å²) in [4.78, 5) is 17.0. The third-order valence-electron chi connectivity index (χ3n) is 4.35. The Hall–Kier alpha value is -2.52. The minimum Gasteiger partial charge on any atom is -0.464 e. The predicted octanol–water partition coefficient (Wildman–Crippen LogP) is 4.44. The first kappa shape index (κ1) is 25.7. The minimum atomic E-state index is -4.92. The number of ether oxygens (including phenoxy) is 1. The fourth-order valence-corrected chi connectivity index (χ4v) is 3.59. The van der Waals surface area contributed by atoms with Crippen LogP contribution < -0.4 is 4.72 Å². The highest BCUT2D eigenvalue weighted by molar-refractivity contribution is 7.84. The lowest BCUT2D eigenvalue weighted by Crippen LogP contribution is -2.56. The van der Waals surface area contributed by atoms with Crippen molar-refractivity contribution in [2.24, 2.45) is 4.99 Å². The van der Waals surface area contributed by atoms with Gasteiger partial charge >= 0.3 is 12.1 Å². The lowest BCUT2D eigenvalue weighted by Gasteiger charge is -2.29. The van der Waals surface area contributed by atoms with Crippen LogP contribution in [0.4, 0.5) is 13.2 Å². The Kier molecular flexibility index (Phi) is 8.74. The van der Waals surface area contributed by atoms with Crippen LogP contribution in [0.2, 0.25) is 0 Å². The van der Waals surface area contributed by atoms with Gasteiger partial charge in [0.25, 0.3) is 0 Å². The molecule has 9 heteroatoms. The van der Waals surface area contributed by atoms with Gasteiger partial charge in [-0.3, -0.25) is 4.99 Å². The summed E-state index contributed by atoms with van der Waals surface area (Å²) in [6.45, 7) is 5.98. The number of nitrogens with zero attached hydrogens (tertiary/aromatic N) is 1. The van der Waals surface area contributed by atoms with E-state index in [-0.39, 0.29) is 12.3 Å². The lowest BCUT2D eigenvalue weighted by atomic mass is 10.0. The molecule has 0 aliphatic rings. The highest BCUT2D eigenvalue weighted by Crippen LogP contribution is 2.28. The minimum absolute atomic E-state index is 0.121. The molecule has 32 heavy (non-hydrogen) atoms. The normalized spacial score (nSPS) is 14.8. The summed E-state index contributed by atoms with van der Waals surface area (Å²) in [5, 5.41) is 0. The van der Waals surface area contributed by atoms with Crippen molar-refractivity contribution in [1.29, 1.82) is 0 Å². The van der Waals surface area contributed by atoms with Crippen LogP contribution in [0.5, 0.6) is 0 Å². The Morgan fingerprint density at radius 1 is 1.00 bits per heavy atom. The maximum Gasteiger partial charge on any atom is 0.407 e. The maximum absolute atomic E-state index is 14.1. The smallest absolute Gasteiger partial charge is 0.407 e. The molecule has 5 nitrogen and oxygen atoms in total. The monoisotopic (exact) mass is 468 g/mol. The van der Waals surface area contributed by atoms with E-state index in [4.69, 9.17) is 4.74 Å². The number of nitrogens with one attached hydrogen (secondary N) is 1. The van der Waals surface area contributed by atoms with Crippen molar-refractivity contribution in [1.82, 2.24) is 4.72 Å². The number of halogens is 3. The zero-order valence-corrected chi connectivity index (χ0v) is 19.2. The van der Waals surface area contributed by atoms with E-state index in [1.165, 1.54) is 27.7 Å². The molecular weight excluding hydrogens is 441 g/mol. The summed E-state index contributed by atoms with van der Waals surface area (Å²) in [5.41, 5.74) is 1.26. The second-order valence-electron chi connectivity index (χ2n) is 7.92. The molecule has 2 aromatic carbocycles. The van der Waals surface area contributed by atoms with E-state index in [0.29, 0.717) is 11.1 Å². The molecule has 0 heterocycles. The molecule has 3 atom stereocenters. The van der Waals surface area contributed by atoms with Gasteiger partial charge in [0.1, 0.15) is 6.04 Å². The average Bonchev–Trinajstić information content (AvgIpc) is 2.73. The summed E-state index contributed by atoms with van der Waals surface area (Å²) < 4.78 is 60.9. The topological polar surface area (TPSA) is 67.8 Å². The van der Waals surface area contributed by atoms with Gasteiger partial charge in [0.15, 0.2) is 6.04 Å². The molecule has 0 saturated heterocycles. The van der Waals surface area contributed by atoms with Crippen LogP contribution in [-0.2, 0) is 20.5 Å². The molecule has 0 spiro atoms. The second-order valence-corrected chi connectivity index (χ2v) is 9.92. The van der Waals surface area contributed by atoms with Gasteiger partial charge in [0.05, 0.1) is 28.1 Å². The van der Waals surface area contributed by atoms with Gasteiger partial charge in [0.2, 0.25) is 0 Å². The number of rotatable bonds is 8. The Bertz CT molecular complexity index is 901. The van der Waals surface area contributed by atoms with Crippen LogP contribution in [0.25, 0.3) is 0 Å². The highest BCUT2D eigenvalue weighted by atomic mass is 32.2. The van der Waals surface area contributed by atoms with E-state index in [2.05, 4.69) is 9.71 Å². The van der Waals surface area contributed by atoms with Crippen molar-refractivity contribution in [3.63, 3.8) is 0 Å². The largest absolute Gasteiger partial charge is 0.464 e. The van der Waals surface area contributed by atoms with E-state index < -0.39 is 40.0 Å². The Balaban J connectivity index is 2.67. The van der Waals surface area contributed by atoms with Crippen LogP contribution in [0.1, 0.15) is 38.8 Å². The Morgan fingerprint density at radius 3 is 1.84 bits per heavy atom. The number of hydrogen-bond donors (Lipinski definition) is 1. The van der Waals surface area contributed by atoms with Gasteiger partial charge in [-0.1, -0.05) is 60.7 Å². The second kappa shape index (κ2) is 10.9. The average molecular weight is 469 g/mol. The summed E-state index contributed by atoms with van der Waals surface area (Å²) in [7, 11) is -2.11. The molecule has 0 saturated carbocycles. The fraction of sp³-hybridized carbons (Fsp3) is 0.391. The van der Waals surface area contributed by atoms with E-state index >= 15 is 0 Å². The molecule has 0 fully saturated rings. The SMILES string of the molecule is CCOC(=O)[C@@H](N=C(c1ccccc1)c1ccccc1)C(N[S@@](=O)C(C)(C)C)C(F)(F)F. The molecule has 1 unspecified atom stereocenters. The number of carbonyl (C=O) groups excluding carboxylic acids is 1. The van der Waals surface area contributed by atoms with E-state index in [1.807, 2.05) is 0 Å². The first-order valence-electron chi connectivity index (χ1n) is 10.0. The van der Waals surface area contributed by atoms with Crippen molar-refractivity contribution in [3.05, 3.63) is 71.8 Å². The molecule has 0 aliphatic carbocycles. The first-order valence-corrected chi connectivity index (χ1v) is 11.2. The summed E-state index contributed by atoms with van der Waals surface area (Å²) in [6, 6.07) is 12.7. The number of esters is 1. The Labute approximate surface area is 188 Å². The lowest BCUT2D eigenvalue weighted by molar-refractivity contribution is -0.169. The molecule has 0 amide bonds. The van der Waals surface area contributed by atoms with Crippen molar-refractivity contribution in [2.75, 3.05) is 6.61 Å². The predicted molar refractivity (Wildman–Crippen MR) is 120 cm³/mol. The maximum atomic E-state index is 14.1. The zero-order valence-electron chi connectivity index (χ0n) is 18.3. The van der Waals surface area contributed by atoms with Crippen molar-refractivity contribution in [3.8, 4) is 0 Å². The summed E-state index contributed by atoms with van der Waals surface area (Å²) >= 11 is 0. The first-order chi connectivity index (χ1) is 14.9. The van der Waals surface area contributed by atoms with Crippen LogP contribution in [0.3, 0.4) is 0 Å². The number of hydrogen-bond acceptors (Lipinski definition) is 4. The third kappa shape index (κ3) is 7.00. The third-order valence-corrected chi connectivity index (χ3v) is 5.93. The number of benzene rings is 2. The Morgan fingerprint density at radius 2 is 1.47 bits per heavy atom. The van der Waals surface area contributed by atoms with Crippen LogP contribution >= 0.6 is 0 Å². The van der Waals surface area contributed by atoms with Gasteiger partial charge in [-0.15, -0.1) is 0 Å². The molecule has 0 aromatic heterocycles. The molecule has 2 rings (SSSR count). The molecule has 1 N–H and O–H groups in total. The standard InChI is InChI=1S/C23H27F3N2O3S/c1-5-31-21(29)19(20(23(24,25)26)28-32(30)22(2,3)4)27-18(16-12-8-6-9-13-16)17-14-10-7-11-15-17/h6-15,19-20,28H,5H2,1-4H3/t19-,20?,32-/m0/s1. The molecule has 2 aromatic rings. The van der Waals surface area contributed by atoms with E-state index in [9.17, 15) is 22.2 Å². The number of carbonyl (C=O) groups is 1. The molecule has 0 aliphatic heterocycles. The van der Waals surface area contributed by atoms with Gasteiger partial charge in [-0.2, -0.15) is 13.2 Å². The van der Waals surface area contributed by atoms with E-state index in [0.717, 1.165) is 0 Å². The summed E-state index contributed by atoms with van der Waals surface area (Å²) in [5.74, 6) is -1.16. The molecule has 0 radical (unpaired) electrons. The van der Waals surface area contributed by atoms with Crippen molar-refractivity contribution < 1.29 is 26.9 Å². The quantitative estimate of drug-likeness (QED) is 0.460. The molecule has 0 bridgehead atoms. The number of aliphatic imine (C=N–C) groups is 1. The zero-order chi connectivity index (χ0) is 23.9. The van der Waals surface area contributed by atoms with E-state index in [1.54, 1.807) is 60.7 Å². The summed E-state index contributed by atoms with van der Waals surface area (Å²) in [6.07, 6.45) is -4.92. The molecule has 174 valence electrons. The van der Waals surface area contributed by atoms with Gasteiger partial charge in [-0.05, 0) is 27.7 Å². The number of alkyl halides is 3. The van der Waals surface area contributed by atoms with Crippen molar-refractivity contribution in [2.45, 2.75) is 50.7 Å².